The van der Waals surface area contributed by atoms with Crippen LogP contribution in [0.25, 0.3) is 32.8 Å². The Morgan fingerprint density at radius 1 is 1.20 bits per heavy atom. The molecule has 0 saturated heterocycles. The molecule has 2 aromatic heterocycles. The lowest BCUT2D eigenvalue weighted by Gasteiger charge is -2.40. The van der Waals surface area contributed by atoms with Gasteiger partial charge >= 0.3 is 0 Å². The highest BCUT2D eigenvalue weighted by Crippen LogP contribution is 2.46. The summed E-state index contributed by atoms with van der Waals surface area (Å²) < 4.78 is 13.3. The third kappa shape index (κ3) is 2.39. The monoisotopic (exact) mass is 406 g/mol. The van der Waals surface area contributed by atoms with Crippen LogP contribution < -0.4 is 14.9 Å². The molecule has 7 nitrogen and oxygen atoms in total. The summed E-state index contributed by atoms with van der Waals surface area (Å²) in [6.07, 6.45) is -2.39. The van der Waals surface area contributed by atoms with Crippen LogP contribution in [0.3, 0.4) is 0 Å². The average Bonchev–Trinajstić information content (AvgIpc) is 2.73. The van der Waals surface area contributed by atoms with E-state index in [9.17, 15) is 15.0 Å². The normalized spacial score (nSPS) is 20.3. The molecule has 0 unspecified atom stereocenters. The zero-order chi connectivity index (χ0) is 21.4. The Kier molecular flexibility index (Phi) is 3.87. The Bertz CT molecular complexity index is 1410. The number of methoxy groups -OCH3 is 1. The number of aryl methyl sites for hydroxylation is 1. The smallest absolute Gasteiger partial charge is 0.219 e. The van der Waals surface area contributed by atoms with Gasteiger partial charge in [-0.15, -0.1) is 0 Å². The lowest BCUT2D eigenvalue weighted by atomic mass is 9.87. The molecule has 2 N–H and O–H groups in total. The quantitative estimate of drug-likeness (QED) is 0.472. The summed E-state index contributed by atoms with van der Waals surface area (Å²) in [6, 6.07) is 11.1. The molecule has 0 fully saturated rings. The molecular formula is C23H22N2O5. The Hall–Kier alpha value is -3.16. The van der Waals surface area contributed by atoms with E-state index in [4.69, 9.17) is 9.47 Å². The van der Waals surface area contributed by atoms with Crippen molar-refractivity contribution in [3.63, 3.8) is 0 Å². The van der Waals surface area contributed by atoms with Crippen LogP contribution in [0.15, 0.2) is 41.2 Å². The van der Waals surface area contributed by atoms with Gasteiger partial charge in [0.2, 0.25) is 5.43 Å². The topological polar surface area (TPSA) is 93.8 Å². The SMILES string of the molecule is COc1cc2c(c3c1c(=O)c1nc4ccccc4cc1n3C)[C@@H](O)[C@@H](O)C(C)(C)O2. The van der Waals surface area contributed by atoms with Crippen LogP contribution in [0.4, 0.5) is 0 Å². The van der Waals surface area contributed by atoms with Crippen LogP contribution in [-0.2, 0) is 7.05 Å². The number of ether oxygens (including phenoxy) is 2. The second-order valence-corrected chi connectivity index (χ2v) is 8.25. The number of hydrogen-bond donors (Lipinski definition) is 2. The molecule has 3 heterocycles. The van der Waals surface area contributed by atoms with Crippen molar-refractivity contribution in [2.45, 2.75) is 31.7 Å². The molecule has 4 aromatic rings. The van der Waals surface area contributed by atoms with Gasteiger partial charge in [-0.3, -0.25) is 4.79 Å². The Labute approximate surface area is 172 Å². The summed E-state index contributed by atoms with van der Waals surface area (Å²) in [5, 5.41) is 22.8. The number of nitrogens with zero attached hydrogens (tertiary/aromatic N) is 2. The Morgan fingerprint density at radius 3 is 2.67 bits per heavy atom. The van der Waals surface area contributed by atoms with E-state index in [2.05, 4.69) is 4.98 Å². The first-order chi connectivity index (χ1) is 14.2. The highest BCUT2D eigenvalue weighted by Gasteiger charge is 2.44. The summed E-state index contributed by atoms with van der Waals surface area (Å²) in [4.78, 5) is 18.1. The van der Waals surface area contributed by atoms with E-state index < -0.39 is 17.8 Å². The molecule has 2 aromatic carbocycles. The third-order valence-corrected chi connectivity index (χ3v) is 6.01. The minimum atomic E-state index is -1.23. The van der Waals surface area contributed by atoms with E-state index >= 15 is 0 Å². The van der Waals surface area contributed by atoms with E-state index in [1.54, 1.807) is 27.0 Å². The van der Waals surface area contributed by atoms with Crippen molar-refractivity contribution in [3.8, 4) is 11.5 Å². The highest BCUT2D eigenvalue weighted by atomic mass is 16.5. The molecule has 0 aliphatic carbocycles. The van der Waals surface area contributed by atoms with E-state index in [0.717, 1.165) is 10.9 Å². The molecule has 1 aliphatic rings. The van der Waals surface area contributed by atoms with Crippen LogP contribution >= 0.6 is 0 Å². The summed E-state index contributed by atoms with van der Waals surface area (Å²) in [5.41, 5.74) is 1.18. The number of benzene rings is 2. The molecule has 0 radical (unpaired) electrons. The van der Waals surface area contributed by atoms with E-state index in [0.29, 0.717) is 39.0 Å². The first-order valence-corrected chi connectivity index (χ1v) is 9.73. The van der Waals surface area contributed by atoms with Gasteiger partial charge in [0.15, 0.2) is 0 Å². The van der Waals surface area contributed by atoms with Gasteiger partial charge in [-0.25, -0.2) is 4.98 Å². The zero-order valence-corrected chi connectivity index (χ0v) is 17.1. The van der Waals surface area contributed by atoms with Crippen LogP contribution in [-0.4, -0.2) is 38.6 Å². The first kappa shape index (κ1) is 18.8. The lowest BCUT2D eigenvalue weighted by Crippen LogP contribution is -2.49. The number of fused-ring (bicyclic) bond motifs is 5. The van der Waals surface area contributed by atoms with Crippen LogP contribution in [0.1, 0.15) is 25.5 Å². The summed E-state index contributed by atoms with van der Waals surface area (Å²) in [6.45, 7) is 3.41. The fourth-order valence-corrected chi connectivity index (χ4v) is 4.38. The molecule has 30 heavy (non-hydrogen) atoms. The maximum absolute atomic E-state index is 13.5. The van der Waals surface area contributed by atoms with Gasteiger partial charge < -0.3 is 24.3 Å². The molecule has 154 valence electrons. The van der Waals surface area contributed by atoms with E-state index in [1.807, 2.05) is 34.9 Å². The molecule has 5 rings (SSSR count). The largest absolute Gasteiger partial charge is 0.496 e. The van der Waals surface area contributed by atoms with Crippen LogP contribution in [0.2, 0.25) is 0 Å². The first-order valence-electron chi connectivity index (χ1n) is 9.73. The minimum Gasteiger partial charge on any atom is -0.496 e. The third-order valence-electron chi connectivity index (χ3n) is 6.01. The molecule has 2 atom stereocenters. The maximum atomic E-state index is 13.5. The lowest BCUT2D eigenvalue weighted by molar-refractivity contribution is -0.111. The van der Waals surface area contributed by atoms with Gasteiger partial charge in [0.25, 0.3) is 0 Å². The maximum Gasteiger partial charge on any atom is 0.219 e. The van der Waals surface area contributed by atoms with Crippen molar-refractivity contribution >= 4 is 32.8 Å². The van der Waals surface area contributed by atoms with Gasteiger partial charge in [0.05, 0.1) is 34.6 Å². The van der Waals surface area contributed by atoms with Gasteiger partial charge in [-0.1, -0.05) is 18.2 Å². The molecular weight excluding hydrogens is 384 g/mol. The average molecular weight is 406 g/mol. The fourth-order valence-electron chi connectivity index (χ4n) is 4.38. The molecule has 0 spiro atoms. The van der Waals surface area contributed by atoms with Gasteiger partial charge in [-0.2, -0.15) is 0 Å². The minimum absolute atomic E-state index is 0.295. The number of rotatable bonds is 1. The summed E-state index contributed by atoms with van der Waals surface area (Å²) in [5.74, 6) is 0.714. The predicted molar refractivity (Wildman–Crippen MR) is 114 cm³/mol. The summed E-state index contributed by atoms with van der Waals surface area (Å²) in [7, 11) is 3.29. The van der Waals surface area contributed by atoms with Crippen molar-refractivity contribution in [2.75, 3.05) is 7.11 Å². The van der Waals surface area contributed by atoms with Crippen molar-refractivity contribution in [3.05, 3.63) is 52.2 Å². The number of aromatic nitrogens is 2. The van der Waals surface area contributed by atoms with Gasteiger partial charge in [0.1, 0.15) is 34.8 Å². The van der Waals surface area contributed by atoms with Crippen molar-refractivity contribution < 1.29 is 19.7 Å². The van der Waals surface area contributed by atoms with E-state index in [1.165, 1.54) is 7.11 Å². The van der Waals surface area contributed by atoms with Crippen molar-refractivity contribution in [1.29, 1.82) is 0 Å². The van der Waals surface area contributed by atoms with E-state index in [-0.39, 0.29) is 5.43 Å². The molecule has 0 amide bonds. The Balaban J connectivity index is 2.01. The second kappa shape index (κ2) is 6.17. The van der Waals surface area contributed by atoms with Crippen LogP contribution in [0, 0.1) is 0 Å². The van der Waals surface area contributed by atoms with Crippen LogP contribution in [0.5, 0.6) is 11.5 Å². The highest BCUT2D eigenvalue weighted by molar-refractivity contribution is 6.01. The molecule has 1 aliphatic heterocycles. The number of hydrogen-bond acceptors (Lipinski definition) is 6. The zero-order valence-electron chi connectivity index (χ0n) is 17.1. The standard InChI is InChI=1S/C23H22N2O5/c1-23(2)22(28)21(27)17-15(30-23)10-14(29-4)16-19(17)25(3)13-9-11-7-5-6-8-12(11)24-18(13)20(16)26/h5-10,21-22,27-28H,1-4H3/t21-,22-/m1/s1. The number of aliphatic hydroxyl groups is 2. The number of aliphatic hydroxyl groups excluding tert-OH is 2. The predicted octanol–water partition coefficient (Wildman–Crippen LogP) is 2.81. The van der Waals surface area contributed by atoms with Crippen molar-refractivity contribution in [2.24, 2.45) is 7.05 Å². The molecule has 0 bridgehead atoms. The number of pyridine rings is 2. The molecule has 7 heteroatoms. The second-order valence-electron chi connectivity index (χ2n) is 8.25. The van der Waals surface area contributed by atoms with Gasteiger partial charge in [-0.05, 0) is 26.0 Å². The molecule has 0 saturated carbocycles. The fraction of sp³-hybridized carbons (Fsp3) is 0.304. The van der Waals surface area contributed by atoms with Gasteiger partial charge in [0, 0.05) is 18.5 Å². The Morgan fingerprint density at radius 2 is 1.93 bits per heavy atom. The summed E-state index contributed by atoms with van der Waals surface area (Å²) >= 11 is 0. The number of para-hydroxylation sites is 1. The van der Waals surface area contributed by atoms with Crippen molar-refractivity contribution in [1.82, 2.24) is 9.55 Å².